The first-order valence-electron chi connectivity index (χ1n) is 8.95. The van der Waals surface area contributed by atoms with E-state index in [1.54, 1.807) is 6.92 Å². The van der Waals surface area contributed by atoms with Gasteiger partial charge in [0.15, 0.2) is 6.10 Å². The summed E-state index contributed by atoms with van der Waals surface area (Å²) in [5.74, 6) is -1.30. The summed E-state index contributed by atoms with van der Waals surface area (Å²) in [6.07, 6.45) is -0.855. The first-order chi connectivity index (χ1) is 13.8. The van der Waals surface area contributed by atoms with E-state index in [0.717, 1.165) is 16.6 Å². The van der Waals surface area contributed by atoms with Gasteiger partial charge < -0.3 is 19.2 Å². The number of carbonyl (C=O) groups is 3. The molecule has 7 nitrogen and oxygen atoms in total. The van der Waals surface area contributed by atoms with Crippen molar-refractivity contribution in [3.05, 3.63) is 64.8 Å². The van der Waals surface area contributed by atoms with E-state index in [1.807, 2.05) is 31.2 Å². The fourth-order valence-corrected chi connectivity index (χ4v) is 3.19. The highest BCUT2D eigenvalue weighted by atomic mass is 16.5. The molecular formula is C22H21NO6. The van der Waals surface area contributed by atoms with E-state index in [0.29, 0.717) is 5.56 Å². The number of Topliss-reactive ketones (excluding diaryl/α,β-unsaturated/α-hetero) is 1. The van der Waals surface area contributed by atoms with Crippen molar-refractivity contribution in [3.8, 4) is 5.75 Å². The summed E-state index contributed by atoms with van der Waals surface area (Å²) in [5, 5.41) is 0.809. The van der Waals surface area contributed by atoms with E-state index >= 15 is 0 Å². The van der Waals surface area contributed by atoms with Crippen molar-refractivity contribution in [2.45, 2.75) is 20.0 Å². The lowest BCUT2D eigenvalue weighted by molar-refractivity contribution is 0.0598. The second-order valence-corrected chi connectivity index (χ2v) is 6.52. The average Bonchev–Trinajstić information content (AvgIpc) is 3.07. The zero-order valence-corrected chi connectivity index (χ0v) is 16.6. The number of aromatic amines is 1. The number of aromatic nitrogens is 1. The summed E-state index contributed by atoms with van der Waals surface area (Å²) in [5.41, 5.74) is 2.39. The predicted octanol–water partition coefficient (Wildman–Crippen LogP) is 3.70. The number of ketones is 1. The number of nitrogens with one attached hydrogen (secondary N) is 1. The molecule has 0 radical (unpaired) electrons. The molecule has 0 aliphatic heterocycles. The topological polar surface area (TPSA) is 94.7 Å². The van der Waals surface area contributed by atoms with Gasteiger partial charge in [0.2, 0.25) is 5.78 Å². The van der Waals surface area contributed by atoms with Gasteiger partial charge in [-0.3, -0.25) is 4.79 Å². The van der Waals surface area contributed by atoms with Gasteiger partial charge in [0, 0.05) is 22.2 Å². The molecule has 1 heterocycles. The molecule has 7 heteroatoms. The molecule has 0 spiro atoms. The highest BCUT2D eigenvalue weighted by molar-refractivity contribution is 6.11. The van der Waals surface area contributed by atoms with Crippen LogP contribution in [-0.2, 0) is 9.47 Å². The van der Waals surface area contributed by atoms with Gasteiger partial charge in [0.1, 0.15) is 5.75 Å². The number of esters is 2. The molecular weight excluding hydrogens is 374 g/mol. The molecule has 29 heavy (non-hydrogen) atoms. The van der Waals surface area contributed by atoms with Crippen LogP contribution in [0.3, 0.4) is 0 Å². The fourth-order valence-electron chi connectivity index (χ4n) is 3.19. The average molecular weight is 395 g/mol. The van der Waals surface area contributed by atoms with Gasteiger partial charge >= 0.3 is 11.9 Å². The first kappa shape index (κ1) is 20.1. The maximum absolute atomic E-state index is 13.1. The van der Waals surface area contributed by atoms with Gasteiger partial charge in [0.25, 0.3) is 0 Å². The van der Waals surface area contributed by atoms with Crippen LogP contribution in [0.15, 0.2) is 42.5 Å². The Morgan fingerprint density at radius 3 is 2.10 bits per heavy atom. The first-order valence-corrected chi connectivity index (χ1v) is 8.95. The molecule has 0 amide bonds. The molecule has 1 aromatic heterocycles. The summed E-state index contributed by atoms with van der Waals surface area (Å²) in [6.45, 7) is 3.44. The number of benzene rings is 2. The van der Waals surface area contributed by atoms with Gasteiger partial charge in [0.05, 0.1) is 25.3 Å². The van der Waals surface area contributed by atoms with Crippen molar-refractivity contribution in [2.75, 3.05) is 14.2 Å². The lowest BCUT2D eigenvalue weighted by Crippen LogP contribution is -2.24. The highest BCUT2D eigenvalue weighted by Crippen LogP contribution is 2.26. The summed E-state index contributed by atoms with van der Waals surface area (Å²) in [7, 11) is 2.47. The molecule has 2 aromatic carbocycles. The van der Waals surface area contributed by atoms with Crippen LogP contribution >= 0.6 is 0 Å². The van der Waals surface area contributed by atoms with Crippen LogP contribution in [0.2, 0.25) is 0 Å². The van der Waals surface area contributed by atoms with Crippen LogP contribution in [-0.4, -0.2) is 43.0 Å². The number of carbonyl (C=O) groups excluding carboxylic acids is 3. The third kappa shape index (κ3) is 3.99. The fraction of sp³-hybridized carbons (Fsp3) is 0.227. The Bertz CT molecular complexity index is 1060. The smallest absolute Gasteiger partial charge is 0.338 e. The Labute approximate surface area is 167 Å². The molecule has 1 N–H and O–H groups in total. The monoisotopic (exact) mass is 395 g/mol. The zero-order chi connectivity index (χ0) is 21.1. The van der Waals surface area contributed by atoms with Crippen molar-refractivity contribution in [3.63, 3.8) is 0 Å². The molecule has 0 bridgehead atoms. The van der Waals surface area contributed by atoms with Crippen LogP contribution in [0.4, 0.5) is 0 Å². The zero-order valence-electron chi connectivity index (χ0n) is 16.6. The maximum atomic E-state index is 13.1. The quantitative estimate of drug-likeness (QED) is 0.505. The minimum absolute atomic E-state index is 0.119. The lowest BCUT2D eigenvalue weighted by Gasteiger charge is -2.15. The summed E-state index contributed by atoms with van der Waals surface area (Å²) >= 11 is 0. The van der Waals surface area contributed by atoms with Gasteiger partial charge in [-0.1, -0.05) is 18.2 Å². The summed E-state index contributed by atoms with van der Waals surface area (Å²) in [6, 6.07) is 11.7. The van der Waals surface area contributed by atoms with Crippen molar-refractivity contribution in [1.82, 2.24) is 4.98 Å². The minimum Gasteiger partial charge on any atom is -0.483 e. The largest absolute Gasteiger partial charge is 0.483 e. The number of fused-ring (bicyclic) bond motifs is 1. The second-order valence-electron chi connectivity index (χ2n) is 6.52. The van der Waals surface area contributed by atoms with Crippen LogP contribution in [0.5, 0.6) is 5.75 Å². The van der Waals surface area contributed by atoms with Gasteiger partial charge in [-0.2, -0.15) is 0 Å². The predicted molar refractivity (Wildman–Crippen MR) is 107 cm³/mol. The number of ether oxygens (including phenoxy) is 3. The van der Waals surface area contributed by atoms with E-state index in [1.165, 1.54) is 32.4 Å². The molecule has 0 saturated heterocycles. The van der Waals surface area contributed by atoms with Gasteiger partial charge in [-0.15, -0.1) is 0 Å². The molecule has 3 rings (SSSR count). The Hall–Kier alpha value is -3.61. The lowest BCUT2D eigenvalue weighted by atomic mass is 10.0. The van der Waals surface area contributed by atoms with Crippen LogP contribution in [0.25, 0.3) is 10.9 Å². The maximum Gasteiger partial charge on any atom is 0.338 e. The molecule has 0 aliphatic rings. The van der Waals surface area contributed by atoms with E-state index in [2.05, 4.69) is 4.98 Å². The standard InChI is InChI=1S/C22H21NO6/c1-12-19(17-7-5-6-8-18(17)23-12)20(24)13(2)29-16-10-14(21(25)27-3)9-15(11-16)22(26)28-4/h5-11,13,23H,1-4H3/t13-/m0/s1. The molecule has 0 saturated carbocycles. The van der Waals surface area contributed by atoms with E-state index in [4.69, 9.17) is 14.2 Å². The number of hydrogen-bond donors (Lipinski definition) is 1. The number of methoxy groups -OCH3 is 2. The number of aryl methyl sites for hydroxylation is 1. The number of H-pyrrole nitrogens is 1. The minimum atomic E-state index is -0.855. The Morgan fingerprint density at radius 2 is 1.52 bits per heavy atom. The highest BCUT2D eigenvalue weighted by Gasteiger charge is 2.24. The normalized spacial score (nSPS) is 11.7. The van der Waals surface area contributed by atoms with E-state index in [-0.39, 0.29) is 22.7 Å². The molecule has 0 aliphatic carbocycles. The third-order valence-electron chi connectivity index (χ3n) is 4.57. The number of para-hydroxylation sites is 1. The van der Waals surface area contributed by atoms with Crippen molar-refractivity contribution < 1.29 is 28.6 Å². The Kier molecular flexibility index (Phi) is 5.68. The van der Waals surface area contributed by atoms with Gasteiger partial charge in [-0.05, 0) is 38.1 Å². The van der Waals surface area contributed by atoms with Crippen LogP contribution in [0.1, 0.15) is 43.7 Å². The molecule has 3 aromatic rings. The Morgan fingerprint density at radius 1 is 0.931 bits per heavy atom. The summed E-state index contributed by atoms with van der Waals surface area (Å²) < 4.78 is 15.2. The van der Waals surface area contributed by atoms with E-state index in [9.17, 15) is 14.4 Å². The molecule has 0 unspecified atom stereocenters. The van der Waals surface area contributed by atoms with Crippen molar-refractivity contribution in [2.24, 2.45) is 0 Å². The second kappa shape index (κ2) is 8.18. The van der Waals surface area contributed by atoms with Crippen molar-refractivity contribution >= 4 is 28.6 Å². The van der Waals surface area contributed by atoms with Crippen molar-refractivity contribution in [1.29, 1.82) is 0 Å². The molecule has 150 valence electrons. The van der Waals surface area contributed by atoms with E-state index < -0.39 is 18.0 Å². The molecule has 0 fully saturated rings. The number of rotatable bonds is 6. The van der Waals surface area contributed by atoms with Crippen LogP contribution in [0, 0.1) is 6.92 Å². The summed E-state index contributed by atoms with van der Waals surface area (Å²) in [4.78, 5) is 40.1. The number of hydrogen-bond acceptors (Lipinski definition) is 6. The van der Waals surface area contributed by atoms with Gasteiger partial charge in [-0.25, -0.2) is 9.59 Å². The molecule has 1 atom stereocenters. The Balaban J connectivity index is 1.94. The van der Waals surface area contributed by atoms with Crippen LogP contribution < -0.4 is 4.74 Å². The SMILES string of the molecule is COC(=O)c1cc(O[C@@H](C)C(=O)c2c(C)[nH]c3ccccc23)cc(C(=O)OC)c1. The third-order valence-corrected chi connectivity index (χ3v) is 4.57.